The lowest BCUT2D eigenvalue weighted by molar-refractivity contribution is 0.0536. The SMILES string of the molecule is CC(C)[C@@H](CO)N(C(=O)OC(C)(C)C)c1ccc(Br)cn1. The predicted octanol–water partition coefficient (Wildman–Crippen LogP) is 3.60. The van der Waals surface area contributed by atoms with Gasteiger partial charge >= 0.3 is 6.09 Å². The van der Waals surface area contributed by atoms with Crippen molar-refractivity contribution in [2.75, 3.05) is 11.5 Å². The van der Waals surface area contributed by atoms with Gasteiger partial charge in [0.05, 0.1) is 12.6 Å². The maximum atomic E-state index is 12.5. The van der Waals surface area contributed by atoms with Crippen LogP contribution in [0.15, 0.2) is 22.8 Å². The minimum atomic E-state index is -0.609. The van der Waals surface area contributed by atoms with Crippen molar-refractivity contribution < 1.29 is 14.6 Å². The fourth-order valence-electron chi connectivity index (χ4n) is 1.81. The smallest absolute Gasteiger partial charge is 0.416 e. The average molecular weight is 359 g/mol. The van der Waals surface area contributed by atoms with Crippen molar-refractivity contribution in [2.45, 2.75) is 46.3 Å². The van der Waals surface area contributed by atoms with Gasteiger partial charge < -0.3 is 9.84 Å². The first-order valence-electron chi connectivity index (χ1n) is 6.90. The fourth-order valence-corrected chi connectivity index (χ4v) is 2.05. The van der Waals surface area contributed by atoms with Gasteiger partial charge in [-0.2, -0.15) is 0 Å². The highest BCUT2D eigenvalue weighted by Gasteiger charge is 2.32. The van der Waals surface area contributed by atoms with Gasteiger partial charge in [0.1, 0.15) is 11.4 Å². The van der Waals surface area contributed by atoms with Crippen LogP contribution in [0.2, 0.25) is 0 Å². The van der Waals surface area contributed by atoms with Crippen molar-refractivity contribution in [3.63, 3.8) is 0 Å². The van der Waals surface area contributed by atoms with Crippen molar-refractivity contribution in [1.82, 2.24) is 4.98 Å². The number of aliphatic hydroxyl groups excluding tert-OH is 1. The van der Waals surface area contributed by atoms with E-state index in [9.17, 15) is 9.90 Å². The zero-order valence-electron chi connectivity index (χ0n) is 13.1. The van der Waals surface area contributed by atoms with Crippen LogP contribution in [0.25, 0.3) is 0 Å². The maximum Gasteiger partial charge on any atom is 0.416 e. The molecule has 1 atom stereocenters. The van der Waals surface area contributed by atoms with Gasteiger partial charge in [0, 0.05) is 10.7 Å². The molecular weight excluding hydrogens is 336 g/mol. The lowest BCUT2D eigenvalue weighted by atomic mass is 10.0. The summed E-state index contributed by atoms with van der Waals surface area (Å²) in [5.41, 5.74) is -0.609. The summed E-state index contributed by atoms with van der Waals surface area (Å²) in [6, 6.07) is 3.13. The van der Waals surface area contributed by atoms with E-state index in [4.69, 9.17) is 4.74 Å². The highest BCUT2D eigenvalue weighted by Crippen LogP contribution is 2.23. The number of anilines is 1. The van der Waals surface area contributed by atoms with Crippen molar-refractivity contribution in [1.29, 1.82) is 0 Å². The number of ether oxygens (including phenoxy) is 1. The Hall–Kier alpha value is -1.14. The van der Waals surface area contributed by atoms with Crippen LogP contribution in [-0.2, 0) is 4.74 Å². The third kappa shape index (κ3) is 5.28. The largest absolute Gasteiger partial charge is 0.443 e. The summed E-state index contributed by atoms with van der Waals surface area (Å²) in [6.45, 7) is 9.15. The Kier molecular flexibility index (Phi) is 6.16. The minimum Gasteiger partial charge on any atom is -0.443 e. The molecule has 0 radical (unpaired) electrons. The molecule has 6 heteroatoms. The molecule has 118 valence electrons. The fraction of sp³-hybridized carbons (Fsp3) is 0.600. The third-order valence-corrected chi connectivity index (χ3v) is 3.31. The van der Waals surface area contributed by atoms with Crippen molar-refractivity contribution in [3.8, 4) is 0 Å². The zero-order chi connectivity index (χ0) is 16.2. The number of aromatic nitrogens is 1. The molecule has 0 fully saturated rings. The molecule has 1 rings (SSSR count). The molecule has 1 heterocycles. The molecule has 0 aliphatic carbocycles. The van der Waals surface area contributed by atoms with Gasteiger partial charge in [0.15, 0.2) is 0 Å². The van der Waals surface area contributed by atoms with E-state index in [0.717, 1.165) is 4.47 Å². The normalized spacial score (nSPS) is 13.1. The summed E-state index contributed by atoms with van der Waals surface area (Å²) >= 11 is 3.32. The van der Waals surface area contributed by atoms with E-state index in [1.54, 1.807) is 39.1 Å². The highest BCUT2D eigenvalue weighted by atomic mass is 79.9. The van der Waals surface area contributed by atoms with E-state index in [2.05, 4.69) is 20.9 Å². The summed E-state index contributed by atoms with van der Waals surface area (Å²) in [5.74, 6) is 0.521. The number of amides is 1. The van der Waals surface area contributed by atoms with Crippen molar-refractivity contribution in [3.05, 3.63) is 22.8 Å². The Bertz CT molecular complexity index is 469. The number of hydrogen-bond donors (Lipinski definition) is 1. The van der Waals surface area contributed by atoms with E-state index in [1.165, 1.54) is 4.90 Å². The van der Waals surface area contributed by atoms with Gasteiger partial charge in [-0.3, -0.25) is 4.90 Å². The van der Waals surface area contributed by atoms with E-state index in [1.807, 2.05) is 13.8 Å². The minimum absolute atomic E-state index is 0.0629. The Morgan fingerprint density at radius 2 is 2.05 bits per heavy atom. The van der Waals surface area contributed by atoms with Crippen LogP contribution in [0.4, 0.5) is 10.6 Å². The van der Waals surface area contributed by atoms with Gasteiger partial charge in [-0.25, -0.2) is 9.78 Å². The Morgan fingerprint density at radius 1 is 1.43 bits per heavy atom. The topological polar surface area (TPSA) is 62.7 Å². The average Bonchev–Trinajstić information content (AvgIpc) is 2.34. The van der Waals surface area contributed by atoms with Crippen LogP contribution in [0.3, 0.4) is 0 Å². The molecule has 0 spiro atoms. The Balaban J connectivity index is 3.16. The number of nitrogens with zero attached hydrogens (tertiary/aromatic N) is 2. The Morgan fingerprint density at radius 3 is 2.43 bits per heavy atom. The summed E-state index contributed by atoms with van der Waals surface area (Å²) < 4.78 is 6.26. The van der Waals surface area contributed by atoms with E-state index in [-0.39, 0.29) is 12.5 Å². The van der Waals surface area contributed by atoms with E-state index < -0.39 is 17.7 Å². The first-order chi connectivity index (χ1) is 9.65. The van der Waals surface area contributed by atoms with Crippen molar-refractivity contribution in [2.24, 2.45) is 5.92 Å². The molecule has 0 aliphatic rings. The van der Waals surface area contributed by atoms with Crippen LogP contribution in [-0.4, -0.2) is 34.4 Å². The number of halogens is 1. The predicted molar refractivity (Wildman–Crippen MR) is 86.4 cm³/mol. The number of rotatable bonds is 4. The first-order valence-corrected chi connectivity index (χ1v) is 7.69. The summed E-state index contributed by atoms with van der Waals surface area (Å²) in [5, 5.41) is 9.64. The molecule has 0 aliphatic heterocycles. The van der Waals surface area contributed by atoms with Gasteiger partial charge in [0.25, 0.3) is 0 Å². The lowest BCUT2D eigenvalue weighted by Gasteiger charge is -2.33. The molecule has 0 saturated carbocycles. The van der Waals surface area contributed by atoms with E-state index in [0.29, 0.717) is 5.82 Å². The Labute approximate surface area is 134 Å². The number of aliphatic hydroxyl groups is 1. The van der Waals surface area contributed by atoms with E-state index >= 15 is 0 Å². The molecule has 21 heavy (non-hydrogen) atoms. The molecule has 1 amide bonds. The second-order valence-corrected chi connectivity index (χ2v) is 7.09. The number of carbonyl (C=O) groups excluding carboxylic acids is 1. The molecule has 1 aromatic rings. The number of pyridine rings is 1. The molecule has 0 saturated heterocycles. The molecule has 0 bridgehead atoms. The van der Waals surface area contributed by atoms with Crippen LogP contribution < -0.4 is 4.90 Å². The van der Waals surface area contributed by atoms with Gasteiger partial charge in [0.2, 0.25) is 0 Å². The lowest BCUT2D eigenvalue weighted by Crippen LogP contribution is -2.48. The standard InChI is InChI=1S/C15H23BrN2O3/c1-10(2)12(9-19)18(14(20)21-15(3,4)5)13-7-6-11(16)8-17-13/h6-8,10,12,19H,9H2,1-5H3/t12-/m1/s1. The van der Waals surface area contributed by atoms with Gasteiger partial charge in [-0.1, -0.05) is 13.8 Å². The summed E-state index contributed by atoms with van der Waals surface area (Å²) in [6.07, 6.45) is 1.10. The molecule has 1 N–H and O–H groups in total. The summed E-state index contributed by atoms with van der Waals surface area (Å²) in [4.78, 5) is 18.2. The second kappa shape index (κ2) is 7.22. The molecule has 1 aromatic heterocycles. The highest BCUT2D eigenvalue weighted by molar-refractivity contribution is 9.10. The number of carbonyl (C=O) groups is 1. The van der Waals surface area contributed by atoms with Gasteiger partial charge in [-0.05, 0) is 54.8 Å². The second-order valence-electron chi connectivity index (χ2n) is 6.18. The van der Waals surface area contributed by atoms with Crippen LogP contribution in [0.5, 0.6) is 0 Å². The van der Waals surface area contributed by atoms with Crippen LogP contribution in [0, 0.1) is 5.92 Å². The maximum absolute atomic E-state index is 12.5. The molecule has 5 nitrogen and oxygen atoms in total. The third-order valence-electron chi connectivity index (χ3n) is 2.84. The molecular formula is C15H23BrN2O3. The van der Waals surface area contributed by atoms with Crippen LogP contribution in [0.1, 0.15) is 34.6 Å². The first kappa shape index (κ1) is 17.9. The number of hydrogen-bond acceptors (Lipinski definition) is 4. The van der Waals surface area contributed by atoms with Gasteiger partial charge in [-0.15, -0.1) is 0 Å². The van der Waals surface area contributed by atoms with Crippen LogP contribution >= 0.6 is 15.9 Å². The monoisotopic (exact) mass is 358 g/mol. The quantitative estimate of drug-likeness (QED) is 0.892. The molecule has 0 aromatic carbocycles. The zero-order valence-corrected chi connectivity index (χ0v) is 14.7. The summed E-state index contributed by atoms with van der Waals surface area (Å²) in [7, 11) is 0. The molecule has 0 unspecified atom stereocenters. The van der Waals surface area contributed by atoms with Crippen molar-refractivity contribution >= 4 is 27.8 Å².